The molecule has 1 aromatic carbocycles. The van der Waals surface area contributed by atoms with Crippen LogP contribution in [0.4, 0.5) is 10.3 Å². The standard InChI is InChI=1S/C25H26FN7O3/c1-14-13-35-15(2)12-33(14)24-29-22(18-9-16-7-8-27-21(16)28-11-18)30-25(31-24)36-20-6-5-17(10-19(20)26)23(34)32(3)4/h5-11,14-15H,12-13H2,1-4H3,(H,27,28). The Morgan fingerprint density at radius 2 is 2.03 bits per heavy atom. The summed E-state index contributed by atoms with van der Waals surface area (Å²) in [6.45, 7) is 5.09. The van der Waals surface area contributed by atoms with Gasteiger partial charge < -0.3 is 24.3 Å². The lowest BCUT2D eigenvalue weighted by atomic mass is 10.2. The van der Waals surface area contributed by atoms with Crippen LogP contribution < -0.4 is 9.64 Å². The highest BCUT2D eigenvalue weighted by atomic mass is 19.1. The van der Waals surface area contributed by atoms with Gasteiger partial charge in [0.25, 0.3) is 5.91 Å². The van der Waals surface area contributed by atoms with Gasteiger partial charge in [-0.05, 0) is 44.2 Å². The molecule has 36 heavy (non-hydrogen) atoms. The predicted molar refractivity (Wildman–Crippen MR) is 132 cm³/mol. The average Bonchev–Trinajstić information content (AvgIpc) is 3.34. The fraction of sp³-hybridized carbons (Fsp3) is 0.320. The van der Waals surface area contributed by atoms with Crippen LogP contribution in [-0.2, 0) is 4.74 Å². The maximum Gasteiger partial charge on any atom is 0.327 e. The van der Waals surface area contributed by atoms with Gasteiger partial charge in [-0.25, -0.2) is 9.37 Å². The van der Waals surface area contributed by atoms with Crippen molar-refractivity contribution in [1.29, 1.82) is 0 Å². The van der Waals surface area contributed by atoms with Crippen LogP contribution in [0.1, 0.15) is 24.2 Å². The molecule has 0 radical (unpaired) electrons. The molecule has 1 aliphatic heterocycles. The van der Waals surface area contributed by atoms with Crippen LogP contribution in [0.15, 0.2) is 42.7 Å². The van der Waals surface area contributed by atoms with E-state index in [-0.39, 0.29) is 35.4 Å². The van der Waals surface area contributed by atoms with Gasteiger partial charge in [0.15, 0.2) is 17.4 Å². The van der Waals surface area contributed by atoms with Gasteiger partial charge in [-0.15, -0.1) is 0 Å². The molecular formula is C25H26FN7O3. The molecule has 4 heterocycles. The Balaban J connectivity index is 1.55. The van der Waals surface area contributed by atoms with E-state index in [1.54, 1.807) is 26.5 Å². The highest BCUT2D eigenvalue weighted by Gasteiger charge is 2.27. The SMILES string of the molecule is CC1CN(c2nc(Oc3ccc(C(=O)N(C)C)cc3F)nc(-c3cnc4[nH]ccc4c3)n2)C(C)CO1. The summed E-state index contributed by atoms with van der Waals surface area (Å²) in [7, 11) is 3.21. The largest absolute Gasteiger partial charge is 0.421 e. The molecule has 1 fully saturated rings. The summed E-state index contributed by atoms with van der Waals surface area (Å²) in [5.74, 6) is -0.373. The average molecular weight is 492 g/mol. The quantitative estimate of drug-likeness (QED) is 0.451. The fourth-order valence-corrected chi connectivity index (χ4v) is 3.97. The van der Waals surface area contributed by atoms with Crippen LogP contribution in [0.2, 0.25) is 0 Å². The van der Waals surface area contributed by atoms with E-state index in [1.807, 2.05) is 30.9 Å². The van der Waals surface area contributed by atoms with Gasteiger partial charge in [0, 0.05) is 49.5 Å². The summed E-state index contributed by atoms with van der Waals surface area (Å²) in [6, 6.07) is 7.79. The Hall–Kier alpha value is -4.12. The normalized spacial score (nSPS) is 17.9. The van der Waals surface area contributed by atoms with Crippen molar-refractivity contribution in [3.05, 3.63) is 54.1 Å². The molecule has 0 aliphatic carbocycles. The van der Waals surface area contributed by atoms with Gasteiger partial charge in [0.1, 0.15) is 5.65 Å². The molecule has 1 saturated heterocycles. The van der Waals surface area contributed by atoms with Gasteiger partial charge in [0.2, 0.25) is 5.95 Å². The Morgan fingerprint density at radius 3 is 2.81 bits per heavy atom. The number of aromatic amines is 1. The number of morpholine rings is 1. The molecule has 0 spiro atoms. The highest BCUT2D eigenvalue weighted by Crippen LogP contribution is 2.29. The predicted octanol–water partition coefficient (Wildman–Crippen LogP) is 3.66. The van der Waals surface area contributed by atoms with Crippen LogP contribution in [0.5, 0.6) is 11.8 Å². The van der Waals surface area contributed by atoms with E-state index >= 15 is 0 Å². The number of benzene rings is 1. The summed E-state index contributed by atoms with van der Waals surface area (Å²) in [4.78, 5) is 36.7. The van der Waals surface area contributed by atoms with E-state index in [4.69, 9.17) is 14.5 Å². The van der Waals surface area contributed by atoms with Crippen molar-refractivity contribution < 1.29 is 18.7 Å². The van der Waals surface area contributed by atoms with E-state index in [2.05, 4.69) is 19.9 Å². The zero-order valence-corrected chi connectivity index (χ0v) is 20.4. The number of pyridine rings is 1. The molecule has 0 bridgehead atoms. The number of hydrogen-bond donors (Lipinski definition) is 1. The lowest BCUT2D eigenvalue weighted by Gasteiger charge is -2.36. The molecular weight excluding hydrogens is 465 g/mol. The second kappa shape index (κ2) is 9.50. The maximum absolute atomic E-state index is 14.9. The number of carbonyl (C=O) groups excluding carboxylic acids is 1. The van der Waals surface area contributed by atoms with Crippen LogP contribution >= 0.6 is 0 Å². The van der Waals surface area contributed by atoms with Crippen molar-refractivity contribution >= 4 is 22.9 Å². The molecule has 1 aliphatic rings. The van der Waals surface area contributed by atoms with E-state index in [0.717, 1.165) is 17.1 Å². The van der Waals surface area contributed by atoms with Gasteiger partial charge in [-0.2, -0.15) is 15.0 Å². The zero-order chi connectivity index (χ0) is 25.4. The van der Waals surface area contributed by atoms with Crippen molar-refractivity contribution in [2.45, 2.75) is 26.0 Å². The molecule has 1 N–H and O–H groups in total. The number of nitrogens with zero attached hydrogens (tertiary/aromatic N) is 6. The van der Waals surface area contributed by atoms with Crippen molar-refractivity contribution in [1.82, 2.24) is 29.8 Å². The molecule has 0 saturated carbocycles. The number of nitrogens with one attached hydrogen (secondary N) is 1. The molecule has 2 atom stereocenters. The molecule has 186 valence electrons. The second-order valence-electron chi connectivity index (χ2n) is 8.97. The number of fused-ring (bicyclic) bond motifs is 1. The minimum Gasteiger partial charge on any atom is -0.421 e. The monoisotopic (exact) mass is 491 g/mol. The summed E-state index contributed by atoms with van der Waals surface area (Å²) < 4.78 is 26.4. The van der Waals surface area contributed by atoms with E-state index < -0.39 is 5.82 Å². The van der Waals surface area contributed by atoms with Crippen molar-refractivity contribution in [2.24, 2.45) is 0 Å². The van der Waals surface area contributed by atoms with Crippen LogP contribution in [-0.4, -0.2) is 75.1 Å². The third-order valence-corrected chi connectivity index (χ3v) is 5.91. The molecule has 11 heteroatoms. The molecule has 2 unspecified atom stereocenters. The van der Waals surface area contributed by atoms with Crippen molar-refractivity contribution in [2.75, 3.05) is 32.1 Å². The topological polar surface area (TPSA) is 109 Å². The van der Waals surface area contributed by atoms with Gasteiger partial charge >= 0.3 is 6.01 Å². The minimum atomic E-state index is -0.699. The number of amides is 1. The zero-order valence-electron chi connectivity index (χ0n) is 20.4. The molecule has 4 aromatic rings. The molecule has 5 rings (SSSR count). The maximum atomic E-state index is 14.9. The van der Waals surface area contributed by atoms with Crippen LogP contribution in [0.3, 0.4) is 0 Å². The van der Waals surface area contributed by atoms with E-state index in [0.29, 0.717) is 30.5 Å². The Labute approximate surface area is 207 Å². The van der Waals surface area contributed by atoms with Gasteiger partial charge in [-0.1, -0.05) is 0 Å². The van der Waals surface area contributed by atoms with Gasteiger partial charge in [0.05, 0.1) is 18.8 Å². The first-order valence-electron chi connectivity index (χ1n) is 11.6. The number of ether oxygens (including phenoxy) is 2. The number of carbonyl (C=O) groups is 1. The van der Waals surface area contributed by atoms with E-state index in [1.165, 1.54) is 17.0 Å². The van der Waals surface area contributed by atoms with Crippen LogP contribution in [0.25, 0.3) is 22.4 Å². The molecule has 1 amide bonds. The first kappa shape index (κ1) is 23.6. The molecule has 10 nitrogen and oxygen atoms in total. The first-order chi connectivity index (χ1) is 17.3. The summed E-state index contributed by atoms with van der Waals surface area (Å²) in [5, 5.41) is 0.900. The number of anilines is 1. The summed E-state index contributed by atoms with van der Waals surface area (Å²) >= 11 is 0. The number of halogens is 1. The third kappa shape index (κ3) is 4.69. The third-order valence-electron chi connectivity index (χ3n) is 5.91. The number of H-pyrrole nitrogens is 1. The summed E-state index contributed by atoms with van der Waals surface area (Å²) in [6.07, 6.45) is 3.46. The summed E-state index contributed by atoms with van der Waals surface area (Å²) in [5.41, 5.74) is 1.62. The number of rotatable bonds is 5. The Morgan fingerprint density at radius 1 is 1.19 bits per heavy atom. The lowest BCUT2D eigenvalue weighted by Crippen LogP contribution is -2.48. The minimum absolute atomic E-state index is 0.0112. The highest BCUT2D eigenvalue weighted by molar-refractivity contribution is 5.94. The second-order valence-corrected chi connectivity index (χ2v) is 8.97. The molecule has 3 aromatic heterocycles. The Kier molecular flexibility index (Phi) is 6.23. The first-order valence-corrected chi connectivity index (χ1v) is 11.6. The Bertz CT molecular complexity index is 1420. The number of aromatic nitrogens is 5. The van der Waals surface area contributed by atoms with Crippen LogP contribution in [0, 0.1) is 5.82 Å². The fourth-order valence-electron chi connectivity index (χ4n) is 3.97. The van der Waals surface area contributed by atoms with Gasteiger partial charge in [-0.3, -0.25) is 4.79 Å². The smallest absolute Gasteiger partial charge is 0.327 e. The number of hydrogen-bond acceptors (Lipinski definition) is 8. The van der Waals surface area contributed by atoms with Crippen molar-refractivity contribution in [3.8, 4) is 23.1 Å². The van der Waals surface area contributed by atoms with E-state index in [9.17, 15) is 9.18 Å². The lowest BCUT2D eigenvalue weighted by molar-refractivity contribution is 0.0336. The van der Waals surface area contributed by atoms with Crippen molar-refractivity contribution in [3.63, 3.8) is 0 Å².